The molecule has 0 N–H and O–H groups in total. The van der Waals surface area contributed by atoms with Gasteiger partial charge in [0.05, 0.1) is 7.11 Å². The maximum absolute atomic E-state index is 12.7. The van der Waals surface area contributed by atoms with Crippen molar-refractivity contribution in [1.82, 2.24) is 10.0 Å². The Morgan fingerprint density at radius 3 is 2.81 bits per heavy atom. The Kier molecular flexibility index (Phi) is 9.87. The SMILES string of the molecule is COC(=O)c1ccc(CCN2C(=O)SCCN2CCC(C)Cc2ccc(C)c(C#Cc3ccsc3)c2)s1. The van der Waals surface area contributed by atoms with Crippen LogP contribution in [0.3, 0.4) is 0 Å². The number of nitrogens with zero attached hydrogens (tertiary/aromatic N) is 2. The van der Waals surface area contributed by atoms with E-state index in [1.807, 2.05) is 22.5 Å². The van der Waals surface area contributed by atoms with Crippen molar-refractivity contribution in [2.24, 2.45) is 5.92 Å². The van der Waals surface area contributed by atoms with Crippen LogP contribution >= 0.6 is 34.4 Å². The Morgan fingerprint density at radius 1 is 1.16 bits per heavy atom. The molecule has 3 heterocycles. The summed E-state index contributed by atoms with van der Waals surface area (Å²) in [6.45, 7) is 6.72. The molecule has 1 aliphatic rings. The average Bonchev–Trinajstić information content (AvgIpc) is 3.59. The van der Waals surface area contributed by atoms with Gasteiger partial charge in [-0.3, -0.25) is 9.80 Å². The Labute approximate surface area is 231 Å². The molecule has 5 nitrogen and oxygen atoms in total. The number of hydrazine groups is 1. The molecule has 3 aromatic rings. The molecular formula is C29H32N2O3S3. The molecule has 1 amide bonds. The van der Waals surface area contributed by atoms with Crippen LogP contribution in [0, 0.1) is 24.7 Å². The summed E-state index contributed by atoms with van der Waals surface area (Å²) < 4.78 is 4.80. The summed E-state index contributed by atoms with van der Waals surface area (Å²) in [7, 11) is 1.39. The molecule has 0 aliphatic carbocycles. The molecule has 194 valence electrons. The fourth-order valence-electron chi connectivity index (χ4n) is 4.23. The fourth-order valence-corrected chi connectivity index (χ4v) is 6.57. The number of aryl methyl sites for hydroxylation is 1. The summed E-state index contributed by atoms with van der Waals surface area (Å²) >= 11 is 4.48. The number of carbonyl (C=O) groups is 2. The van der Waals surface area contributed by atoms with Gasteiger partial charge in [-0.15, -0.1) is 11.3 Å². The number of hydrogen-bond donors (Lipinski definition) is 0. The molecule has 8 heteroatoms. The second kappa shape index (κ2) is 13.3. The molecule has 4 rings (SSSR count). The number of rotatable bonds is 9. The van der Waals surface area contributed by atoms with E-state index in [1.165, 1.54) is 41.3 Å². The van der Waals surface area contributed by atoms with Crippen molar-refractivity contribution in [2.45, 2.75) is 33.1 Å². The van der Waals surface area contributed by atoms with Crippen LogP contribution in [0.1, 0.15) is 50.1 Å². The summed E-state index contributed by atoms with van der Waals surface area (Å²) in [6.07, 6.45) is 2.71. The number of amides is 1. The van der Waals surface area contributed by atoms with E-state index in [2.05, 4.69) is 54.3 Å². The van der Waals surface area contributed by atoms with Crippen LogP contribution in [0.4, 0.5) is 4.79 Å². The number of benzene rings is 1. The monoisotopic (exact) mass is 552 g/mol. The zero-order valence-corrected chi connectivity index (χ0v) is 23.9. The number of carbonyl (C=O) groups excluding carboxylic acids is 2. The van der Waals surface area contributed by atoms with E-state index >= 15 is 0 Å². The van der Waals surface area contributed by atoms with Crippen LogP contribution in [0.5, 0.6) is 0 Å². The lowest BCUT2D eigenvalue weighted by Crippen LogP contribution is -2.50. The van der Waals surface area contributed by atoms with Crippen LogP contribution < -0.4 is 0 Å². The largest absolute Gasteiger partial charge is 0.465 e. The molecule has 2 aromatic heterocycles. The summed E-state index contributed by atoms with van der Waals surface area (Å²) in [6, 6.07) is 12.4. The zero-order chi connectivity index (χ0) is 26.2. The summed E-state index contributed by atoms with van der Waals surface area (Å²) in [5.74, 6) is 7.59. The van der Waals surface area contributed by atoms with Crippen molar-refractivity contribution >= 4 is 45.6 Å². The van der Waals surface area contributed by atoms with E-state index in [9.17, 15) is 9.59 Å². The lowest BCUT2D eigenvalue weighted by Gasteiger charge is -2.38. The molecule has 1 unspecified atom stereocenters. The van der Waals surface area contributed by atoms with E-state index in [4.69, 9.17) is 4.74 Å². The molecule has 1 aromatic carbocycles. The summed E-state index contributed by atoms with van der Waals surface area (Å²) in [5, 5.41) is 8.32. The van der Waals surface area contributed by atoms with Crippen molar-refractivity contribution < 1.29 is 14.3 Å². The third kappa shape index (κ3) is 7.71. The highest BCUT2D eigenvalue weighted by Crippen LogP contribution is 2.24. The van der Waals surface area contributed by atoms with Gasteiger partial charge < -0.3 is 4.74 Å². The highest BCUT2D eigenvalue weighted by atomic mass is 32.2. The lowest BCUT2D eigenvalue weighted by molar-refractivity contribution is 0.0241. The zero-order valence-electron chi connectivity index (χ0n) is 21.5. The molecule has 0 radical (unpaired) electrons. The second-order valence-corrected chi connectivity index (χ2v) is 12.2. The summed E-state index contributed by atoms with van der Waals surface area (Å²) in [5.41, 5.74) is 4.65. The maximum Gasteiger partial charge on any atom is 0.348 e. The van der Waals surface area contributed by atoms with Gasteiger partial charge in [0.1, 0.15) is 4.88 Å². The molecule has 1 saturated heterocycles. The number of hydrogen-bond acceptors (Lipinski definition) is 7. The first-order valence-electron chi connectivity index (χ1n) is 12.4. The summed E-state index contributed by atoms with van der Waals surface area (Å²) in [4.78, 5) is 26.1. The molecule has 0 spiro atoms. The van der Waals surface area contributed by atoms with E-state index in [0.29, 0.717) is 17.3 Å². The van der Waals surface area contributed by atoms with Gasteiger partial charge in [-0.05, 0) is 66.5 Å². The molecular weight excluding hydrogens is 521 g/mol. The van der Waals surface area contributed by atoms with Crippen LogP contribution in [-0.4, -0.2) is 53.7 Å². The number of thiophene rings is 2. The maximum atomic E-state index is 12.7. The molecule has 37 heavy (non-hydrogen) atoms. The van der Waals surface area contributed by atoms with E-state index in [0.717, 1.165) is 54.1 Å². The first kappa shape index (κ1) is 27.5. The van der Waals surface area contributed by atoms with Crippen molar-refractivity contribution in [3.05, 3.63) is 79.2 Å². The van der Waals surface area contributed by atoms with E-state index in [-0.39, 0.29) is 11.2 Å². The Morgan fingerprint density at radius 2 is 2.03 bits per heavy atom. The quantitative estimate of drug-likeness (QED) is 0.224. The van der Waals surface area contributed by atoms with Gasteiger partial charge in [-0.1, -0.05) is 42.7 Å². The minimum absolute atomic E-state index is 0.107. The predicted octanol–water partition coefficient (Wildman–Crippen LogP) is 6.50. The Hall–Kier alpha value is -2.57. The number of thioether (sulfide) groups is 1. The van der Waals surface area contributed by atoms with Gasteiger partial charge in [-0.25, -0.2) is 9.80 Å². The van der Waals surface area contributed by atoms with Crippen LogP contribution in [0.25, 0.3) is 0 Å². The first-order valence-corrected chi connectivity index (χ1v) is 15.2. The van der Waals surface area contributed by atoms with Gasteiger partial charge in [0.15, 0.2) is 0 Å². The molecule has 0 bridgehead atoms. The topological polar surface area (TPSA) is 49.9 Å². The minimum Gasteiger partial charge on any atom is -0.465 e. The third-order valence-corrected chi connectivity index (χ3v) is 9.03. The van der Waals surface area contributed by atoms with E-state index < -0.39 is 0 Å². The highest BCUT2D eigenvalue weighted by molar-refractivity contribution is 8.13. The first-order chi connectivity index (χ1) is 17.9. The third-order valence-electron chi connectivity index (χ3n) is 6.37. The lowest BCUT2D eigenvalue weighted by atomic mass is 9.95. The predicted molar refractivity (Wildman–Crippen MR) is 154 cm³/mol. The number of esters is 1. The Bertz CT molecular complexity index is 1270. The normalized spacial score (nSPS) is 14.8. The molecule has 1 aliphatic heterocycles. The average molecular weight is 553 g/mol. The highest BCUT2D eigenvalue weighted by Gasteiger charge is 2.27. The van der Waals surface area contributed by atoms with E-state index in [1.54, 1.807) is 17.4 Å². The van der Waals surface area contributed by atoms with Gasteiger partial charge in [0.2, 0.25) is 0 Å². The van der Waals surface area contributed by atoms with Gasteiger partial charge in [0.25, 0.3) is 5.24 Å². The van der Waals surface area contributed by atoms with Crippen molar-refractivity contribution in [3.63, 3.8) is 0 Å². The molecule has 0 saturated carbocycles. The van der Waals surface area contributed by atoms with Crippen LogP contribution in [0.2, 0.25) is 0 Å². The van der Waals surface area contributed by atoms with Gasteiger partial charge >= 0.3 is 5.97 Å². The number of methoxy groups -OCH3 is 1. The molecule has 1 atom stereocenters. The number of ether oxygens (including phenoxy) is 1. The van der Waals surface area contributed by atoms with Gasteiger partial charge in [0, 0.05) is 53.2 Å². The fraction of sp³-hybridized carbons (Fsp3) is 0.379. The molecule has 1 fully saturated rings. The van der Waals surface area contributed by atoms with Crippen molar-refractivity contribution in [2.75, 3.05) is 32.5 Å². The van der Waals surface area contributed by atoms with Crippen molar-refractivity contribution in [3.8, 4) is 11.8 Å². The standard InChI is InChI=1S/C29H32N2O3S3/c1-21(18-24-5-4-22(2)25(19-24)7-6-23-12-16-35-20-23)10-13-30-15-17-36-29(33)31(30)14-11-26-8-9-27(37-26)28(32)34-3/h4-5,8-9,12,16,19-21H,10-11,13-15,17-18H2,1-3H3. The smallest absolute Gasteiger partial charge is 0.348 e. The van der Waals surface area contributed by atoms with Crippen molar-refractivity contribution in [1.29, 1.82) is 0 Å². The Balaban J connectivity index is 1.32. The van der Waals surface area contributed by atoms with Crippen LogP contribution in [0.15, 0.2) is 47.2 Å². The minimum atomic E-state index is -0.313. The van der Waals surface area contributed by atoms with Crippen LogP contribution in [-0.2, 0) is 17.6 Å². The second-order valence-electron chi connectivity index (χ2n) is 9.21. The van der Waals surface area contributed by atoms with Gasteiger partial charge in [-0.2, -0.15) is 11.3 Å².